The Morgan fingerprint density at radius 3 is 2.80 bits per heavy atom. The van der Waals surface area contributed by atoms with Crippen molar-refractivity contribution in [2.75, 3.05) is 7.11 Å². The Kier molecular flexibility index (Phi) is 5.91. The van der Waals surface area contributed by atoms with Crippen LogP contribution < -0.4 is 4.74 Å². The highest BCUT2D eigenvalue weighted by atomic mass is 35.5. The van der Waals surface area contributed by atoms with Crippen LogP contribution in [0.25, 0.3) is 27.5 Å². The second kappa shape index (κ2) is 9.05. The molecule has 0 aliphatic rings. The summed E-state index contributed by atoms with van der Waals surface area (Å²) in [6, 6.07) is 12.3. The smallest absolute Gasteiger partial charge is 0.351 e. The van der Waals surface area contributed by atoms with Gasteiger partial charge in [-0.25, -0.2) is 9.78 Å². The number of aromatic nitrogens is 4. The van der Waals surface area contributed by atoms with E-state index in [1.807, 2.05) is 22.8 Å². The van der Waals surface area contributed by atoms with Gasteiger partial charge in [0.15, 0.2) is 4.88 Å². The van der Waals surface area contributed by atoms with Crippen molar-refractivity contribution in [2.45, 2.75) is 20.0 Å². The van der Waals surface area contributed by atoms with Crippen molar-refractivity contribution in [3.63, 3.8) is 0 Å². The lowest BCUT2D eigenvalue weighted by molar-refractivity contribution is 0.0600. The molecule has 0 aliphatic heterocycles. The Hall–Kier alpha value is -3.89. The van der Waals surface area contributed by atoms with Crippen LogP contribution in [0.1, 0.15) is 34.2 Å². The summed E-state index contributed by atoms with van der Waals surface area (Å²) in [6.45, 7) is 3.51. The topological polar surface area (TPSA) is 113 Å². The van der Waals surface area contributed by atoms with E-state index in [1.165, 1.54) is 24.5 Å². The largest absolute Gasteiger partial charge is 0.506 e. The number of ether oxygens (including phenoxy) is 2. The van der Waals surface area contributed by atoms with Crippen molar-refractivity contribution in [3.8, 4) is 28.0 Å². The molecule has 2 aromatic carbocycles. The summed E-state index contributed by atoms with van der Waals surface area (Å²) in [4.78, 5) is 17.3. The quantitative estimate of drug-likeness (QED) is 0.288. The summed E-state index contributed by atoms with van der Waals surface area (Å²) in [7, 11) is 1.31. The van der Waals surface area contributed by atoms with Gasteiger partial charge in [0.1, 0.15) is 28.9 Å². The maximum absolute atomic E-state index is 12.5. The maximum Gasteiger partial charge on any atom is 0.351 e. The van der Waals surface area contributed by atoms with Crippen LogP contribution in [0.5, 0.6) is 11.5 Å². The van der Waals surface area contributed by atoms with Crippen molar-refractivity contribution in [2.24, 2.45) is 0 Å². The molecular formula is C24H19ClN4O5S. The number of phenolic OH excluding ortho intramolecular Hbond substituents is 1. The van der Waals surface area contributed by atoms with E-state index in [-0.39, 0.29) is 10.8 Å². The number of rotatable bonds is 6. The van der Waals surface area contributed by atoms with E-state index in [4.69, 9.17) is 25.5 Å². The molecule has 11 heteroatoms. The molecule has 0 saturated carbocycles. The number of hydrogen-bond donors (Lipinski definition) is 1. The number of carbonyl (C=O) groups excluding carboxylic acids is 1. The molecule has 0 bridgehead atoms. The van der Waals surface area contributed by atoms with Gasteiger partial charge in [-0.05, 0) is 31.2 Å². The lowest BCUT2D eigenvalue weighted by Gasteiger charge is -2.16. The first-order valence-corrected chi connectivity index (χ1v) is 11.7. The average molecular weight is 511 g/mol. The van der Waals surface area contributed by atoms with Crippen LogP contribution in [0.2, 0.25) is 5.02 Å². The lowest BCUT2D eigenvalue weighted by atomic mass is 10.1. The standard InChI is InChI=1S/C24H19ClN4O5S/c1-12(15-5-4-6-18(30)21(15)25)33-19-10-20(35-22(19)24(31)32-3)29-11-26-16-9-14(7-8-17(16)29)23-28-27-13(2)34-23/h4-12,30H,1-3H3/t12-/m1/s1. The molecule has 35 heavy (non-hydrogen) atoms. The Morgan fingerprint density at radius 1 is 1.23 bits per heavy atom. The van der Waals surface area contributed by atoms with E-state index in [1.54, 1.807) is 38.4 Å². The number of hydrogen-bond acceptors (Lipinski definition) is 9. The number of aromatic hydroxyl groups is 1. The molecule has 1 atom stereocenters. The van der Waals surface area contributed by atoms with Gasteiger partial charge in [-0.3, -0.25) is 4.57 Å². The first kappa shape index (κ1) is 22.9. The van der Waals surface area contributed by atoms with Crippen LogP contribution in [0, 0.1) is 6.92 Å². The van der Waals surface area contributed by atoms with Gasteiger partial charge in [0, 0.05) is 24.1 Å². The lowest BCUT2D eigenvalue weighted by Crippen LogP contribution is -2.07. The third kappa shape index (κ3) is 4.22. The average Bonchev–Trinajstić information content (AvgIpc) is 3.58. The van der Waals surface area contributed by atoms with E-state index < -0.39 is 12.1 Å². The Balaban J connectivity index is 1.52. The Bertz CT molecular complexity index is 1560. The van der Waals surface area contributed by atoms with E-state index >= 15 is 0 Å². The van der Waals surface area contributed by atoms with E-state index in [9.17, 15) is 9.90 Å². The van der Waals surface area contributed by atoms with Crippen molar-refractivity contribution < 1.29 is 23.8 Å². The van der Waals surface area contributed by atoms with Gasteiger partial charge >= 0.3 is 5.97 Å². The number of methoxy groups -OCH3 is 1. The molecule has 5 rings (SSSR count). The molecule has 9 nitrogen and oxygen atoms in total. The number of benzene rings is 2. The Labute approximate surface area is 208 Å². The predicted molar refractivity (Wildman–Crippen MR) is 130 cm³/mol. The normalized spacial score (nSPS) is 12.1. The van der Waals surface area contributed by atoms with Gasteiger partial charge < -0.3 is 19.0 Å². The molecular weight excluding hydrogens is 492 g/mol. The molecule has 3 heterocycles. The summed E-state index contributed by atoms with van der Waals surface area (Å²) >= 11 is 7.46. The highest BCUT2D eigenvalue weighted by Crippen LogP contribution is 2.39. The summed E-state index contributed by atoms with van der Waals surface area (Å²) in [6.07, 6.45) is 1.13. The molecule has 0 amide bonds. The van der Waals surface area contributed by atoms with Gasteiger partial charge in [-0.15, -0.1) is 21.5 Å². The van der Waals surface area contributed by atoms with Crippen molar-refractivity contribution in [3.05, 3.63) is 70.1 Å². The molecule has 0 fully saturated rings. The van der Waals surface area contributed by atoms with Crippen molar-refractivity contribution in [1.29, 1.82) is 0 Å². The monoisotopic (exact) mass is 510 g/mol. The second-order valence-electron chi connectivity index (χ2n) is 7.65. The van der Waals surface area contributed by atoms with E-state index in [0.29, 0.717) is 38.5 Å². The highest BCUT2D eigenvalue weighted by Gasteiger charge is 2.23. The molecule has 0 aliphatic carbocycles. The minimum absolute atomic E-state index is 0.0428. The molecule has 0 unspecified atom stereocenters. The minimum Gasteiger partial charge on any atom is -0.506 e. The molecule has 0 radical (unpaired) electrons. The van der Waals surface area contributed by atoms with Crippen molar-refractivity contribution >= 4 is 39.9 Å². The van der Waals surface area contributed by atoms with Gasteiger partial charge in [0.2, 0.25) is 11.8 Å². The Morgan fingerprint density at radius 2 is 2.06 bits per heavy atom. The van der Waals surface area contributed by atoms with Crippen LogP contribution >= 0.6 is 22.9 Å². The number of imidazole rings is 1. The SMILES string of the molecule is COC(=O)c1sc(-n2cnc3cc(-c4nnc(C)o4)ccc32)cc1O[C@H](C)c1cccc(O)c1Cl. The summed E-state index contributed by atoms with van der Waals surface area (Å²) in [5, 5.41) is 18.8. The zero-order valence-corrected chi connectivity index (χ0v) is 20.4. The third-order valence-electron chi connectivity index (χ3n) is 5.36. The summed E-state index contributed by atoms with van der Waals surface area (Å²) < 4.78 is 18.4. The molecule has 1 N–H and O–H groups in total. The fourth-order valence-corrected chi connectivity index (χ4v) is 4.92. The van der Waals surface area contributed by atoms with Crippen molar-refractivity contribution in [1.82, 2.24) is 19.7 Å². The van der Waals surface area contributed by atoms with Gasteiger partial charge in [-0.1, -0.05) is 23.7 Å². The zero-order valence-electron chi connectivity index (χ0n) is 18.9. The van der Waals surface area contributed by atoms with E-state index in [2.05, 4.69) is 15.2 Å². The number of aryl methyl sites for hydroxylation is 1. The molecule has 178 valence electrons. The minimum atomic E-state index is -0.541. The molecule has 5 aromatic rings. The number of halogens is 1. The predicted octanol–water partition coefficient (Wildman–Crippen LogP) is 5.73. The van der Waals surface area contributed by atoms with Crippen LogP contribution in [-0.2, 0) is 4.74 Å². The van der Waals surface area contributed by atoms with Crippen LogP contribution in [0.3, 0.4) is 0 Å². The number of esters is 1. The van der Waals surface area contributed by atoms with Crippen LogP contribution in [0.15, 0.2) is 53.2 Å². The first-order chi connectivity index (χ1) is 16.9. The number of carbonyl (C=O) groups is 1. The fraction of sp³-hybridized carbons (Fsp3) is 0.167. The first-order valence-electron chi connectivity index (χ1n) is 10.5. The number of nitrogens with zero attached hydrogens (tertiary/aromatic N) is 4. The molecule has 0 saturated heterocycles. The third-order valence-corrected chi connectivity index (χ3v) is 6.87. The van der Waals surface area contributed by atoms with Gasteiger partial charge in [-0.2, -0.15) is 0 Å². The van der Waals surface area contributed by atoms with Crippen LogP contribution in [-0.4, -0.2) is 37.9 Å². The second-order valence-corrected chi connectivity index (χ2v) is 9.06. The molecule has 3 aromatic heterocycles. The number of phenols is 1. The van der Waals surface area contributed by atoms with Gasteiger partial charge in [0.05, 0.1) is 23.2 Å². The zero-order chi connectivity index (χ0) is 24.7. The fourth-order valence-electron chi connectivity index (χ4n) is 3.64. The summed E-state index contributed by atoms with van der Waals surface area (Å²) in [5.74, 6) is 0.665. The highest BCUT2D eigenvalue weighted by molar-refractivity contribution is 7.16. The van der Waals surface area contributed by atoms with E-state index in [0.717, 1.165) is 11.1 Å². The number of thiophene rings is 1. The summed E-state index contributed by atoms with van der Waals surface area (Å²) in [5.41, 5.74) is 2.88. The van der Waals surface area contributed by atoms with Gasteiger partial charge in [0.25, 0.3) is 0 Å². The molecule has 0 spiro atoms. The number of fused-ring (bicyclic) bond motifs is 1. The maximum atomic E-state index is 12.5. The van der Waals surface area contributed by atoms with Crippen LogP contribution in [0.4, 0.5) is 0 Å².